The minimum atomic E-state index is -3.53. The fourth-order valence-electron chi connectivity index (χ4n) is 3.81. The molecule has 5 nitrogen and oxygen atoms in total. The SMILES string of the molecule is CCSc1ccccc1C(=O)NCCC1CCCCN1S(=O)(=O)c1ccc(C)cc1. The van der Waals surface area contributed by atoms with Crippen LogP contribution in [0.1, 0.15) is 48.5 Å². The van der Waals surface area contributed by atoms with Crippen LogP contribution in [0, 0.1) is 6.92 Å². The molecule has 1 atom stereocenters. The summed E-state index contributed by atoms with van der Waals surface area (Å²) in [5.74, 6) is 0.799. The Hall–Kier alpha value is -1.83. The van der Waals surface area contributed by atoms with E-state index in [-0.39, 0.29) is 11.9 Å². The van der Waals surface area contributed by atoms with E-state index in [0.29, 0.717) is 30.0 Å². The normalized spacial score (nSPS) is 17.6. The standard InChI is InChI=1S/C23H30N2O3S2/c1-3-29-22-10-5-4-9-21(22)23(26)24-16-15-19-8-6-7-17-25(19)30(27,28)20-13-11-18(2)12-14-20/h4-5,9-14,19H,3,6-8,15-17H2,1-2H3,(H,24,26). The average Bonchev–Trinajstić information content (AvgIpc) is 2.75. The number of piperidine rings is 1. The molecule has 1 aliphatic heterocycles. The van der Waals surface area contributed by atoms with Crippen molar-refractivity contribution >= 4 is 27.7 Å². The number of nitrogens with one attached hydrogen (secondary N) is 1. The molecule has 2 aromatic carbocycles. The maximum atomic E-state index is 13.2. The predicted molar refractivity (Wildman–Crippen MR) is 123 cm³/mol. The van der Waals surface area contributed by atoms with E-state index in [1.807, 2.05) is 43.3 Å². The molecule has 1 N–H and O–H groups in total. The molecule has 1 saturated heterocycles. The van der Waals surface area contributed by atoms with Crippen LogP contribution in [0.25, 0.3) is 0 Å². The highest BCUT2D eigenvalue weighted by Gasteiger charge is 2.33. The first-order valence-corrected chi connectivity index (χ1v) is 12.9. The van der Waals surface area contributed by atoms with E-state index >= 15 is 0 Å². The number of hydrogen-bond donors (Lipinski definition) is 1. The number of thioether (sulfide) groups is 1. The molecule has 1 aliphatic rings. The molecule has 0 radical (unpaired) electrons. The fraction of sp³-hybridized carbons (Fsp3) is 0.435. The second kappa shape index (κ2) is 10.5. The van der Waals surface area contributed by atoms with Crippen LogP contribution in [0.2, 0.25) is 0 Å². The number of nitrogens with zero attached hydrogens (tertiary/aromatic N) is 1. The second-order valence-corrected chi connectivity index (χ2v) is 10.7. The summed E-state index contributed by atoms with van der Waals surface area (Å²) in [6.45, 7) is 4.99. The molecule has 1 unspecified atom stereocenters. The summed E-state index contributed by atoms with van der Waals surface area (Å²) in [5.41, 5.74) is 1.71. The lowest BCUT2D eigenvalue weighted by atomic mass is 10.0. The molecule has 162 valence electrons. The van der Waals surface area contributed by atoms with Crippen LogP contribution in [-0.2, 0) is 10.0 Å². The number of rotatable bonds is 8. The molecule has 1 heterocycles. The van der Waals surface area contributed by atoms with E-state index in [9.17, 15) is 13.2 Å². The van der Waals surface area contributed by atoms with Gasteiger partial charge in [0.2, 0.25) is 10.0 Å². The third kappa shape index (κ3) is 5.45. The maximum Gasteiger partial charge on any atom is 0.252 e. The van der Waals surface area contributed by atoms with E-state index in [0.717, 1.165) is 35.5 Å². The molecular weight excluding hydrogens is 416 g/mol. The van der Waals surface area contributed by atoms with Crippen molar-refractivity contribution in [1.82, 2.24) is 9.62 Å². The smallest absolute Gasteiger partial charge is 0.252 e. The van der Waals surface area contributed by atoms with Crippen molar-refractivity contribution in [3.05, 3.63) is 59.7 Å². The monoisotopic (exact) mass is 446 g/mol. The summed E-state index contributed by atoms with van der Waals surface area (Å²) < 4.78 is 28.0. The maximum absolute atomic E-state index is 13.2. The Kier molecular flexibility index (Phi) is 7.97. The lowest BCUT2D eigenvalue weighted by molar-refractivity contribution is 0.0946. The van der Waals surface area contributed by atoms with Crippen LogP contribution in [0.15, 0.2) is 58.3 Å². The fourth-order valence-corrected chi connectivity index (χ4v) is 6.33. The Bertz CT molecular complexity index is 959. The van der Waals surface area contributed by atoms with Gasteiger partial charge < -0.3 is 5.32 Å². The van der Waals surface area contributed by atoms with Crippen LogP contribution in [0.3, 0.4) is 0 Å². The average molecular weight is 447 g/mol. The van der Waals surface area contributed by atoms with Crippen LogP contribution in [0.5, 0.6) is 0 Å². The molecular formula is C23H30N2O3S2. The molecule has 2 aromatic rings. The Labute approximate surface area is 184 Å². The Balaban J connectivity index is 1.65. The van der Waals surface area contributed by atoms with Gasteiger partial charge in [-0.1, -0.05) is 43.2 Å². The van der Waals surface area contributed by atoms with E-state index in [4.69, 9.17) is 0 Å². The van der Waals surface area contributed by atoms with Gasteiger partial charge in [-0.3, -0.25) is 4.79 Å². The van der Waals surface area contributed by atoms with E-state index in [1.54, 1.807) is 28.2 Å². The molecule has 0 saturated carbocycles. The van der Waals surface area contributed by atoms with Crippen molar-refractivity contribution < 1.29 is 13.2 Å². The number of sulfonamides is 1. The molecule has 1 amide bonds. The molecule has 30 heavy (non-hydrogen) atoms. The summed E-state index contributed by atoms with van der Waals surface area (Å²) in [7, 11) is -3.53. The van der Waals surface area contributed by atoms with Gasteiger partial charge in [0.15, 0.2) is 0 Å². The van der Waals surface area contributed by atoms with Gasteiger partial charge in [0, 0.05) is 24.0 Å². The number of amides is 1. The van der Waals surface area contributed by atoms with Gasteiger partial charge in [-0.2, -0.15) is 4.31 Å². The predicted octanol–water partition coefficient (Wildman–Crippen LogP) is 4.47. The zero-order valence-corrected chi connectivity index (χ0v) is 19.3. The summed E-state index contributed by atoms with van der Waals surface area (Å²) in [6, 6.07) is 14.5. The molecule has 1 fully saturated rings. The first-order chi connectivity index (χ1) is 14.4. The first-order valence-electron chi connectivity index (χ1n) is 10.5. The molecule has 7 heteroatoms. The molecule has 0 aromatic heterocycles. The Morgan fingerprint density at radius 2 is 1.87 bits per heavy atom. The van der Waals surface area contributed by atoms with Gasteiger partial charge in [0.25, 0.3) is 5.91 Å². The third-order valence-corrected chi connectivity index (χ3v) is 8.32. The minimum Gasteiger partial charge on any atom is -0.352 e. The Morgan fingerprint density at radius 3 is 2.60 bits per heavy atom. The van der Waals surface area contributed by atoms with Crippen molar-refractivity contribution in [2.75, 3.05) is 18.8 Å². The quantitative estimate of drug-likeness (QED) is 0.608. The van der Waals surface area contributed by atoms with Crippen LogP contribution in [-0.4, -0.2) is 43.5 Å². The van der Waals surface area contributed by atoms with Crippen molar-refractivity contribution in [2.24, 2.45) is 0 Å². The largest absolute Gasteiger partial charge is 0.352 e. The van der Waals surface area contributed by atoms with Gasteiger partial charge in [-0.15, -0.1) is 11.8 Å². The van der Waals surface area contributed by atoms with E-state index in [2.05, 4.69) is 12.2 Å². The van der Waals surface area contributed by atoms with E-state index < -0.39 is 10.0 Å². The Morgan fingerprint density at radius 1 is 1.13 bits per heavy atom. The molecule has 3 rings (SSSR count). The highest BCUT2D eigenvalue weighted by Crippen LogP contribution is 2.27. The van der Waals surface area contributed by atoms with Crippen LogP contribution in [0.4, 0.5) is 0 Å². The minimum absolute atomic E-state index is 0.0920. The molecule has 0 aliphatic carbocycles. The second-order valence-electron chi connectivity index (χ2n) is 7.55. The first kappa shape index (κ1) is 22.8. The van der Waals surface area contributed by atoms with Crippen LogP contribution < -0.4 is 5.32 Å². The molecule has 0 spiro atoms. The van der Waals surface area contributed by atoms with Crippen molar-refractivity contribution in [3.8, 4) is 0 Å². The topological polar surface area (TPSA) is 66.5 Å². The number of carbonyl (C=O) groups excluding carboxylic acids is 1. The van der Waals surface area contributed by atoms with Gasteiger partial charge >= 0.3 is 0 Å². The zero-order chi connectivity index (χ0) is 21.6. The highest BCUT2D eigenvalue weighted by atomic mass is 32.2. The van der Waals surface area contributed by atoms with Gasteiger partial charge in [-0.05, 0) is 56.2 Å². The number of aryl methyl sites for hydroxylation is 1. The lowest BCUT2D eigenvalue weighted by Gasteiger charge is -2.34. The van der Waals surface area contributed by atoms with Gasteiger partial charge in [0.05, 0.1) is 10.5 Å². The number of hydrogen-bond acceptors (Lipinski definition) is 4. The molecule has 0 bridgehead atoms. The third-order valence-electron chi connectivity index (χ3n) is 5.40. The summed E-state index contributed by atoms with van der Waals surface area (Å²) in [6.07, 6.45) is 3.31. The van der Waals surface area contributed by atoms with Crippen molar-refractivity contribution in [3.63, 3.8) is 0 Å². The number of benzene rings is 2. The summed E-state index contributed by atoms with van der Waals surface area (Å²) in [5, 5.41) is 2.99. The summed E-state index contributed by atoms with van der Waals surface area (Å²) in [4.78, 5) is 14.0. The summed E-state index contributed by atoms with van der Waals surface area (Å²) >= 11 is 1.65. The van der Waals surface area contributed by atoms with Crippen LogP contribution >= 0.6 is 11.8 Å². The highest BCUT2D eigenvalue weighted by molar-refractivity contribution is 7.99. The lowest BCUT2D eigenvalue weighted by Crippen LogP contribution is -2.45. The van der Waals surface area contributed by atoms with Gasteiger partial charge in [0.1, 0.15) is 0 Å². The van der Waals surface area contributed by atoms with Crippen molar-refractivity contribution in [1.29, 1.82) is 0 Å². The van der Waals surface area contributed by atoms with E-state index in [1.165, 1.54) is 0 Å². The zero-order valence-electron chi connectivity index (χ0n) is 17.6. The van der Waals surface area contributed by atoms with Crippen molar-refractivity contribution in [2.45, 2.75) is 55.4 Å². The number of carbonyl (C=O) groups is 1. The van der Waals surface area contributed by atoms with Gasteiger partial charge in [-0.25, -0.2) is 8.42 Å².